The van der Waals surface area contributed by atoms with Crippen molar-refractivity contribution >= 4 is 17.4 Å². The van der Waals surface area contributed by atoms with E-state index in [1.165, 1.54) is 0 Å². The van der Waals surface area contributed by atoms with Crippen molar-refractivity contribution in [2.24, 2.45) is 0 Å². The van der Waals surface area contributed by atoms with E-state index < -0.39 is 0 Å². The molecule has 1 saturated heterocycles. The first-order valence-corrected chi connectivity index (χ1v) is 8.89. The summed E-state index contributed by atoms with van der Waals surface area (Å²) in [6.45, 7) is 1.21. The summed E-state index contributed by atoms with van der Waals surface area (Å²) in [7, 11) is 3.17. The largest absolute Gasteiger partial charge is 0.497 e. The Labute approximate surface area is 157 Å². The summed E-state index contributed by atoms with van der Waals surface area (Å²) < 4.78 is 16.0. The van der Waals surface area contributed by atoms with E-state index in [0.29, 0.717) is 36.6 Å². The number of carbonyl (C=O) groups excluding carboxylic acids is 2. The highest BCUT2D eigenvalue weighted by molar-refractivity contribution is 6.03. The Morgan fingerprint density at radius 2 is 1.85 bits per heavy atom. The summed E-state index contributed by atoms with van der Waals surface area (Å²) in [5.74, 6) is 1.25. The number of anilines is 1. The van der Waals surface area contributed by atoms with Gasteiger partial charge in [0.25, 0.3) is 5.91 Å². The molecule has 1 aliphatic carbocycles. The second kappa shape index (κ2) is 7.04. The molecule has 0 radical (unpaired) electrons. The van der Waals surface area contributed by atoms with Crippen LogP contribution in [0.3, 0.4) is 0 Å². The van der Waals surface area contributed by atoms with Crippen molar-refractivity contribution in [3.63, 3.8) is 0 Å². The van der Waals surface area contributed by atoms with Crippen LogP contribution in [0.15, 0.2) is 36.4 Å². The summed E-state index contributed by atoms with van der Waals surface area (Å²) >= 11 is 0. The quantitative estimate of drug-likeness (QED) is 0.831. The van der Waals surface area contributed by atoms with Crippen LogP contribution >= 0.6 is 0 Å². The molecule has 0 bridgehead atoms. The molecule has 0 N–H and O–H groups in total. The predicted molar refractivity (Wildman–Crippen MR) is 100.0 cm³/mol. The first kappa shape index (κ1) is 17.5. The maximum Gasteiger partial charge on any atom is 0.253 e. The van der Waals surface area contributed by atoms with Gasteiger partial charge in [-0.25, -0.2) is 0 Å². The average Bonchev–Trinajstić information content (AvgIpc) is 3.04. The Hall–Kier alpha value is -2.86. The molecule has 1 fully saturated rings. The number of ether oxygens (including phenoxy) is 3. The molecule has 2 aromatic rings. The number of nitrogens with zero attached hydrogens (tertiary/aromatic N) is 1. The average molecular weight is 367 g/mol. The molecule has 6 nitrogen and oxygen atoms in total. The summed E-state index contributed by atoms with van der Waals surface area (Å²) in [6, 6.07) is 11.4. The minimum atomic E-state index is -0.0669. The zero-order chi connectivity index (χ0) is 19.0. The molecular formula is C21H21NO5. The van der Waals surface area contributed by atoms with Gasteiger partial charge in [-0.15, -0.1) is 0 Å². The van der Waals surface area contributed by atoms with Gasteiger partial charge in [-0.3, -0.25) is 9.59 Å². The number of ketones is 1. The number of Topliss-reactive ketones (excluding diaryl/α,β-unsaturated/α-hetero) is 1. The van der Waals surface area contributed by atoms with Gasteiger partial charge in [0, 0.05) is 41.8 Å². The molecule has 6 heteroatoms. The molecule has 1 unspecified atom stereocenters. The molecule has 1 heterocycles. The van der Waals surface area contributed by atoms with E-state index in [9.17, 15) is 9.59 Å². The molecular weight excluding hydrogens is 346 g/mol. The second-order valence-electron chi connectivity index (χ2n) is 6.66. The Bertz CT molecular complexity index is 890. The summed E-state index contributed by atoms with van der Waals surface area (Å²) in [6.07, 6.45) is 0.398. The maximum atomic E-state index is 12.6. The molecule has 0 aromatic heterocycles. The van der Waals surface area contributed by atoms with Crippen LogP contribution in [0.1, 0.15) is 33.8 Å². The lowest BCUT2D eigenvalue weighted by Gasteiger charge is -2.27. The van der Waals surface area contributed by atoms with Crippen molar-refractivity contribution in [3.05, 3.63) is 53.1 Å². The van der Waals surface area contributed by atoms with Crippen LogP contribution in [0, 0.1) is 0 Å². The number of hydrogen-bond acceptors (Lipinski definition) is 5. The number of hydrogen-bond donors (Lipinski definition) is 0. The number of methoxy groups -OCH3 is 2. The van der Waals surface area contributed by atoms with E-state index in [1.807, 2.05) is 30.3 Å². The van der Waals surface area contributed by atoms with Crippen LogP contribution in [-0.4, -0.2) is 45.7 Å². The van der Waals surface area contributed by atoms with E-state index in [0.717, 1.165) is 16.8 Å². The Morgan fingerprint density at radius 3 is 2.52 bits per heavy atom. The fourth-order valence-electron chi connectivity index (χ4n) is 3.84. The first-order valence-electron chi connectivity index (χ1n) is 8.89. The molecule has 1 aliphatic heterocycles. The van der Waals surface area contributed by atoms with E-state index in [2.05, 4.69) is 0 Å². The molecule has 0 saturated carbocycles. The zero-order valence-corrected chi connectivity index (χ0v) is 15.4. The number of benzene rings is 2. The number of rotatable bonds is 4. The molecule has 4 rings (SSSR count). The summed E-state index contributed by atoms with van der Waals surface area (Å²) in [4.78, 5) is 26.3. The minimum Gasteiger partial charge on any atom is -0.497 e. The van der Waals surface area contributed by atoms with Gasteiger partial charge in [-0.1, -0.05) is 12.1 Å². The van der Waals surface area contributed by atoms with Gasteiger partial charge < -0.3 is 19.1 Å². The van der Waals surface area contributed by atoms with Crippen molar-refractivity contribution in [2.75, 3.05) is 38.9 Å². The van der Waals surface area contributed by atoms with Gasteiger partial charge in [0.15, 0.2) is 5.78 Å². The highest BCUT2D eigenvalue weighted by Gasteiger charge is 2.34. The van der Waals surface area contributed by atoms with Crippen LogP contribution in [0.25, 0.3) is 0 Å². The minimum absolute atomic E-state index is 0.0378. The van der Waals surface area contributed by atoms with Crippen molar-refractivity contribution in [1.29, 1.82) is 0 Å². The highest BCUT2D eigenvalue weighted by atomic mass is 16.5. The summed E-state index contributed by atoms with van der Waals surface area (Å²) in [5, 5.41) is 0. The fourth-order valence-corrected chi connectivity index (χ4v) is 3.84. The topological polar surface area (TPSA) is 65.1 Å². The van der Waals surface area contributed by atoms with E-state index in [4.69, 9.17) is 14.2 Å². The SMILES string of the molecule is COc1cc(OC)c2c(c1)C(=O)CC2c1ccc(N2CCOCC2=O)cc1. The lowest BCUT2D eigenvalue weighted by atomic mass is 9.92. The Morgan fingerprint density at radius 1 is 1.07 bits per heavy atom. The molecule has 1 atom stereocenters. The van der Waals surface area contributed by atoms with Gasteiger partial charge in [0.2, 0.25) is 0 Å². The normalized spacial score (nSPS) is 19.2. The van der Waals surface area contributed by atoms with Crippen LogP contribution in [-0.2, 0) is 9.53 Å². The fraction of sp³-hybridized carbons (Fsp3) is 0.333. The zero-order valence-electron chi connectivity index (χ0n) is 15.4. The van der Waals surface area contributed by atoms with Gasteiger partial charge in [-0.2, -0.15) is 0 Å². The van der Waals surface area contributed by atoms with Crippen molar-refractivity contribution < 1.29 is 23.8 Å². The van der Waals surface area contributed by atoms with E-state index >= 15 is 0 Å². The Balaban J connectivity index is 1.68. The number of fused-ring (bicyclic) bond motifs is 1. The molecule has 0 spiro atoms. The first-order chi connectivity index (χ1) is 13.1. The van der Waals surface area contributed by atoms with Gasteiger partial charge in [-0.05, 0) is 23.8 Å². The van der Waals surface area contributed by atoms with Gasteiger partial charge in [0.1, 0.15) is 18.1 Å². The van der Waals surface area contributed by atoms with E-state index in [-0.39, 0.29) is 24.2 Å². The van der Waals surface area contributed by atoms with Crippen LogP contribution in [0.2, 0.25) is 0 Å². The third-order valence-electron chi connectivity index (χ3n) is 5.20. The lowest BCUT2D eigenvalue weighted by molar-refractivity contribution is -0.125. The number of carbonyl (C=O) groups is 2. The second-order valence-corrected chi connectivity index (χ2v) is 6.66. The van der Waals surface area contributed by atoms with Gasteiger partial charge >= 0.3 is 0 Å². The van der Waals surface area contributed by atoms with Crippen molar-refractivity contribution in [2.45, 2.75) is 12.3 Å². The van der Waals surface area contributed by atoms with Crippen molar-refractivity contribution in [1.82, 2.24) is 0 Å². The molecule has 2 aromatic carbocycles. The number of morpholine rings is 1. The Kier molecular flexibility index (Phi) is 4.58. The lowest BCUT2D eigenvalue weighted by Crippen LogP contribution is -2.41. The summed E-state index contributed by atoms with van der Waals surface area (Å²) in [5.41, 5.74) is 3.43. The molecule has 1 amide bonds. The monoisotopic (exact) mass is 367 g/mol. The predicted octanol–water partition coefficient (Wildman–Crippen LogP) is 2.79. The molecule has 2 aliphatic rings. The van der Waals surface area contributed by atoms with Crippen LogP contribution in [0.5, 0.6) is 11.5 Å². The van der Waals surface area contributed by atoms with Gasteiger partial charge in [0.05, 0.1) is 20.8 Å². The van der Waals surface area contributed by atoms with Crippen molar-refractivity contribution in [3.8, 4) is 11.5 Å². The third kappa shape index (κ3) is 3.06. The maximum absolute atomic E-state index is 12.6. The molecule has 140 valence electrons. The number of amides is 1. The van der Waals surface area contributed by atoms with Crippen LogP contribution in [0.4, 0.5) is 5.69 Å². The standard InChI is InChI=1S/C21H21NO5/c1-25-15-9-17-18(23)11-16(21(17)19(10-15)26-2)13-3-5-14(6-4-13)22-7-8-27-12-20(22)24/h3-6,9-10,16H,7-8,11-12H2,1-2H3. The highest BCUT2D eigenvalue weighted by Crippen LogP contribution is 2.45. The smallest absolute Gasteiger partial charge is 0.253 e. The third-order valence-corrected chi connectivity index (χ3v) is 5.20. The molecule has 27 heavy (non-hydrogen) atoms. The van der Waals surface area contributed by atoms with Crippen LogP contribution < -0.4 is 14.4 Å². The van der Waals surface area contributed by atoms with E-state index in [1.54, 1.807) is 25.2 Å².